The van der Waals surface area contributed by atoms with E-state index in [0.29, 0.717) is 6.61 Å². The van der Waals surface area contributed by atoms with Crippen LogP contribution in [0.5, 0.6) is 0 Å². The molecule has 0 bridgehead atoms. The second-order valence-electron chi connectivity index (χ2n) is 15.5. The largest absolute Gasteiger partial charge is 0.480 e. The third kappa shape index (κ3) is 40.6. The molecular weight excluding hydrogens is 729 g/mol. The Labute approximate surface area is 343 Å². The summed E-state index contributed by atoms with van der Waals surface area (Å²) in [5, 5.41) is 8.90. The second kappa shape index (κ2) is 41.6. The van der Waals surface area contributed by atoms with Crippen molar-refractivity contribution >= 4 is 19.8 Å². The smallest absolute Gasteiger partial charge is 0.472 e. The Balaban J connectivity index is 4.17. The minimum absolute atomic E-state index is 0.0189. The van der Waals surface area contributed by atoms with Crippen molar-refractivity contribution in [2.24, 2.45) is 5.73 Å². The third-order valence-corrected chi connectivity index (χ3v) is 10.9. The molecule has 0 heterocycles. The highest BCUT2D eigenvalue weighted by molar-refractivity contribution is 7.47. The highest BCUT2D eigenvalue weighted by Crippen LogP contribution is 2.43. The van der Waals surface area contributed by atoms with E-state index >= 15 is 0 Å². The number of carboxylic acid groups (broad SMARTS) is 1. The molecule has 3 atom stereocenters. The van der Waals surface area contributed by atoms with Crippen molar-refractivity contribution in [1.29, 1.82) is 0 Å². The Morgan fingerprint density at radius 1 is 0.571 bits per heavy atom. The Hall–Kier alpha value is -1.55. The Morgan fingerprint density at radius 2 is 0.982 bits per heavy atom. The van der Waals surface area contributed by atoms with Crippen LogP contribution in [0.2, 0.25) is 0 Å². The lowest BCUT2D eigenvalue weighted by molar-refractivity contribution is -0.154. The van der Waals surface area contributed by atoms with Crippen LogP contribution >= 0.6 is 7.82 Å². The lowest BCUT2D eigenvalue weighted by atomic mass is 10.0. The molecule has 0 fully saturated rings. The van der Waals surface area contributed by atoms with Crippen LogP contribution in [-0.2, 0) is 32.7 Å². The van der Waals surface area contributed by atoms with E-state index in [1.165, 1.54) is 148 Å². The van der Waals surface area contributed by atoms with Crippen molar-refractivity contribution in [1.82, 2.24) is 0 Å². The molecule has 0 aromatic carbocycles. The molecule has 4 N–H and O–H groups in total. The van der Waals surface area contributed by atoms with Crippen molar-refractivity contribution in [2.75, 3.05) is 26.4 Å². The highest BCUT2D eigenvalue weighted by Gasteiger charge is 2.27. The van der Waals surface area contributed by atoms with Gasteiger partial charge >= 0.3 is 19.8 Å². The van der Waals surface area contributed by atoms with E-state index in [-0.39, 0.29) is 13.0 Å². The lowest BCUT2D eigenvalue weighted by Gasteiger charge is -2.20. The first-order valence-corrected chi connectivity index (χ1v) is 24.4. The molecule has 330 valence electrons. The van der Waals surface area contributed by atoms with Gasteiger partial charge in [-0.3, -0.25) is 18.6 Å². The van der Waals surface area contributed by atoms with Crippen molar-refractivity contribution in [3.63, 3.8) is 0 Å². The van der Waals surface area contributed by atoms with Gasteiger partial charge in [-0.05, 0) is 44.9 Å². The maximum atomic E-state index is 12.6. The van der Waals surface area contributed by atoms with E-state index < -0.39 is 45.1 Å². The second-order valence-corrected chi connectivity index (χ2v) is 17.0. The molecule has 0 rings (SSSR count). The van der Waals surface area contributed by atoms with Crippen LogP contribution < -0.4 is 5.73 Å². The first-order valence-electron chi connectivity index (χ1n) is 22.9. The van der Waals surface area contributed by atoms with Crippen LogP contribution in [-0.4, -0.2) is 60.5 Å². The highest BCUT2D eigenvalue weighted by atomic mass is 31.2. The fourth-order valence-electron chi connectivity index (χ4n) is 6.40. The summed E-state index contributed by atoms with van der Waals surface area (Å²) in [4.78, 5) is 33.5. The number of ether oxygens (including phenoxy) is 2. The molecule has 56 heavy (non-hydrogen) atoms. The van der Waals surface area contributed by atoms with Gasteiger partial charge in [0.2, 0.25) is 0 Å². The van der Waals surface area contributed by atoms with Crippen LogP contribution in [0.25, 0.3) is 0 Å². The first kappa shape index (κ1) is 54.5. The van der Waals surface area contributed by atoms with E-state index in [0.717, 1.165) is 44.9 Å². The molecule has 0 aromatic rings. The van der Waals surface area contributed by atoms with E-state index in [1.807, 2.05) is 0 Å². The molecule has 0 aliphatic heterocycles. The minimum Gasteiger partial charge on any atom is -0.480 e. The van der Waals surface area contributed by atoms with Gasteiger partial charge in [0, 0.05) is 13.0 Å². The number of nitrogens with two attached hydrogens (primary N) is 1. The van der Waals surface area contributed by atoms with Gasteiger partial charge in [0.1, 0.15) is 12.1 Å². The number of allylic oxidation sites excluding steroid dienone is 4. The predicted molar refractivity (Wildman–Crippen MR) is 231 cm³/mol. The summed E-state index contributed by atoms with van der Waals surface area (Å²) in [7, 11) is -4.61. The Bertz CT molecular complexity index is 993. The standard InChI is InChI=1S/C45H86NO9P/c1-3-5-7-9-11-13-15-17-19-20-21-22-23-24-26-28-30-32-34-36-38-52-39-42(40-53-56(50,51)54-41-43(46)45(48)49)55-44(47)37-35-33-31-29-27-25-18-16-14-12-10-8-6-4-2/h11,13,17,19,42-43H,3-10,12,14-16,18,20-41,46H2,1-2H3,(H,48,49)(H,50,51)/b13-11-,19-17-. The van der Waals surface area contributed by atoms with Crippen molar-refractivity contribution in [3.8, 4) is 0 Å². The number of phosphoric ester groups is 1. The quantitative estimate of drug-likeness (QED) is 0.0234. The Kier molecular flexibility index (Phi) is 40.5. The fraction of sp³-hybridized carbons (Fsp3) is 0.867. The van der Waals surface area contributed by atoms with E-state index in [2.05, 4.69) is 38.2 Å². The number of carbonyl (C=O) groups excluding carboxylic acids is 1. The number of hydrogen-bond acceptors (Lipinski definition) is 8. The average Bonchev–Trinajstić information content (AvgIpc) is 3.18. The minimum atomic E-state index is -4.61. The molecule has 10 nitrogen and oxygen atoms in total. The van der Waals surface area contributed by atoms with Gasteiger partial charge in [-0.1, -0.05) is 186 Å². The number of unbranched alkanes of at least 4 members (excludes halogenated alkanes) is 26. The Morgan fingerprint density at radius 3 is 1.48 bits per heavy atom. The maximum Gasteiger partial charge on any atom is 0.472 e. The fourth-order valence-corrected chi connectivity index (χ4v) is 7.18. The topological polar surface area (TPSA) is 155 Å². The van der Waals surface area contributed by atoms with Crippen molar-refractivity contribution < 1.29 is 42.7 Å². The summed E-state index contributed by atoms with van der Waals surface area (Å²) in [6, 6.07) is -1.47. The van der Waals surface area contributed by atoms with Crippen LogP contribution in [0.3, 0.4) is 0 Å². The first-order chi connectivity index (χ1) is 27.2. The van der Waals surface area contributed by atoms with Crippen molar-refractivity contribution in [2.45, 2.75) is 225 Å². The van der Waals surface area contributed by atoms with Gasteiger partial charge in [0.25, 0.3) is 0 Å². The SMILES string of the molecule is CCCCC/C=C\C/C=C\CCCCCCCCCCCCOCC(COP(=O)(O)OCC(N)C(=O)O)OC(=O)CCCCCCCCCCCCCCCC. The zero-order chi connectivity index (χ0) is 41.2. The summed E-state index contributed by atoms with van der Waals surface area (Å²) in [6.07, 6.45) is 45.1. The van der Waals surface area contributed by atoms with Crippen molar-refractivity contribution in [3.05, 3.63) is 24.3 Å². The predicted octanol–water partition coefficient (Wildman–Crippen LogP) is 12.7. The van der Waals surface area contributed by atoms with Crippen LogP contribution in [0.4, 0.5) is 0 Å². The molecule has 0 saturated heterocycles. The van der Waals surface area contributed by atoms with Gasteiger partial charge in [0.15, 0.2) is 0 Å². The van der Waals surface area contributed by atoms with E-state index in [4.69, 9.17) is 29.4 Å². The van der Waals surface area contributed by atoms with Crippen LogP contribution in [0, 0.1) is 0 Å². The van der Waals surface area contributed by atoms with E-state index in [1.54, 1.807) is 0 Å². The molecule has 0 radical (unpaired) electrons. The molecule has 11 heteroatoms. The van der Waals surface area contributed by atoms with Gasteiger partial charge in [-0.2, -0.15) is 0 Å². The number of hydrogen-bond donors (Lipinski definition) is 3. The molecule has 0 aliphatic carbocycles. The normalized spacial score (nSPS) is 14.1. The van der Waals surface area contributed by atoms with Crippen LogP contribution in [0.15, 0.2) is 24.3 Å². The summed E-state index contributed by atoms with van der Waals surface area (Å²) >= 11 is 0. The summed E-state index contributed by atoms with van der Waals surface area (Å²) in [5.74, 6) is -1.77. The third-order valence-electron chi connectivity index (χ3n) is 9.98. The lowest BCUT2D eigenvalue weighted by Crippen LogP contribution is -2.34. The molecule has 0 aromatic heterocycles. The zero-order valence-corrected chi connectivity index (χ0v) is 36.9. The summed E-state index contributed by atoms with van der Waals surface area (Å²) < 4.78 is 33.4. The molecule has 0 amide bonds. The molecule has 0 aliphatic rings. The number of aliphatic carboxylic acids is 1. The van der Waals surface area contributed by atoms with Gasteiger partial charge in [-0.25, -0.2) is 4.57 Å². The number of esters is 1. The molecule has 0 spiro atoms. The maximum absolute atomic E-state index is 12.6. The van der Waals surface area contributed by atoms with Gasteiger partial charge < -0.3 is 25.2 Å². The molecule has 0 saturated carbocycles. The molecular formula is C45H86NO9P. The van der Waals surface area contributed by atoms with E-state index in [9.17, 15) is 19.0 Å². The number of carbonyl (C=O) groups is 2. The van der Waals surface area contributed by atoms with Crippen LogP contribution in [0.1, 0.15) is 213 Å². The van der Waals surface area contributed by atoms with Gasteiger partial charge in [0.05, 0.1) is 19.8 Å². The number of carboxylic acids is 1. The average molecular weight is 816 g/mol. The zero-order valence-electron chi connectivity index (χ0n) is 36.0. The number of rotatable bonds is 44. The summed E-state index contributed by atoms with van der Waals surface area (Å²) in [5.41, 5.74) is 5.36. The monoisotopic (exact) mass is 816 g/mol. The summed E-state index contributed by atoms with van der Waals surface area (Å²) in [6.45, 7) is 3.88. The van der Waals surface area contributed by atoms with Gasteiger partial charge in [-0.15, -0.1) is 0 Å². The molecule has 3 unspecified atom stereocenters. The number of phosphoric acid groups is 1.